The summed E-state index contributed by atoms with van der Waals surface area (Å²) in [6.07, 6.45) is 0. The van der Waals surface area contributed by atoms with Gasteiger partial charge in [0.2, 0.25) is 11.9 Å². The van der Waals surface area contributed by atoms with Crippen LogP contribution in [0.1, 0.15) is 21.7 Å². The third-order valence-electron chi connectivity index (χ3n) is 3.97. The van der Waals surface area contributed by atoms with Gasteiger partial charge in [-0.15, -0.1) is 0 Å². The Bertz CT molecular complexity index is 986. The van der Waals surface area contributed by atoms with Gasteiger partial charge in [-0.05, 0) is 31.2 Å². The van der Waals surface area contributed by atoms with Gasteiger partial charge in [-0.25, -0.2) is 4.79 Å². The summed E-state index contributed by atoms with van der Waals surface area (Å²) < 4.78 is 15.8. The first-order chi connectivity index (χ1) is 14.0. The van der Waals surface area contributed by atoms with E-state index in [0.29, 0.717) is 11.5 Å². The highest BCUT2D eigenvalue weighted by Crippen LogP contribution is 2.29. The van der Waals surface area contributed by atoms with Gasteiger partial charge in [-0.2, -0.15) is 15.0 Å². The zero-order chi connectivity index (χ0) is 20.8. The van der Waals surface area contributed by atoms with Crippen molar-refractivity contribution in [1.82, 2.24) is 15.0 Å². The fourth-order valence-corrected chi connectivity index (χ4v) is 2.58. The van der Waals surface area contributed by atoms with E-state index in [1.165, 1.54) is 14.2 Å². The summed E-state index contributed by atoms with van der Waals surface area (Å²) >= 11 is 0. The first-order valence-corrected chi connectivity index (χ1v) is 8.72. The molecule has 0 atom stereocenters. The van der Waals surface area contributed by atoms with Crippen molar-refractivity contribution in [1.29, 1.82) is 0 Å². The average Bonchev–Trinajstić information content (AvgIpc) is 2.72. The largest absolute Gasteiger partial charge is 0.496 e. The predicted molar refractivity (Wildman–Crippen MR) is 107 cm³/mol. The molecule has 0 aliphatic heterocycles. The van der Waals surface area contributed by atoms with Crippen molar-refractivity contribution in [2.24, 2.45) is 0 Å². The molecule has 0 fully saturated rings. The highest BCUT2D eigenvalue weighted by atomic mass is 16.5. The van der Waals surface area contributed by atoms with Crippen molar-refractivity contribution in [2.75, 3.05) is 25.3 Å². The second-order valence-corrected chi connectivity index (χ2v) is 6.04. The van der Waals surface area contributed by atoms with E-state index in [0.717, 1.165) is 11.3 Å². The molecule has 3 aromatic rings. The van der Waals surface area contributed by atoms with Crippen LogP contribution in [0.25, 0.3) is 0 Å². The van der Waals surface area contributed by atoms with Gasteiger partial charge in [-0.1, -0.05) is 23.8 Å². The number of aromatic nitrogens is 3. The number of hydrogen-bond donors (Lipinski definition) is 2. The number of methoxy groups -OCH3 is 2. The second kappa shape index (κ2) is 8.87. The lowest BCUT2D eigenvalue weighted by Crippen LogP contribution is -2.12. The number of rotatable bonds is 7. The van der Waals surface area contributed by atoms with E-state index in [1.54, 1.807) is 18.2 Å². The van der Waals surface area contributed by atoms with Gasteiger partial charge in [0.15, 0.2) is 12.4 Å². The van der Waals surface area contributed by atoms with Gasteiger partial charge in [-0.3, -0.25) is 0 Å². The molecule has 1 heterocycles. The first kappa shape index (κ1) is 19.9. The number of carbonyl (C=O) groups excluding carboxylic acids is 1. The van der Waals surface area contributed by atoms with E-state index in [2.05, 4.69) is 20.3 Å². The minimum absolute atomic E-state index is 0.00975. The standard InChI is InChI=1S/C20H21N5O4/c1-12-7-9-13(10-8-12)22-20-24-16(23-19(21)25-20)11-29-18(26)17-14(27-2)5-4-6-15(17)28-3/h4-10H,11H2,1-3H3,(H3,21,22,23,24,25). The Morgan fingerprint density at radius 1 is 1.00 bits per heavy atom. The van der Waals surface area contributed by atoms with Crippen LogP contribution in [0, 0.1) is 6.92 Å². The average molecular weight is 395 g/mol. The van der Waals surface area contributed by atoms with Crippen LogP contribution in [-0.4, -0.2) is 35.1 Å². The van der Waals surface area contributed by atoms with Crippen molar-refractivity contribution in [3.05, 3.63) is 59.4 Å². The third kappa shape index (κ3) is 4.89. The number of aryl methyl sites for hydroxylation is 1. The summed E-state index contributed by atoms with van der Waals surface area (Å²) in [4.78, 5) is 24.9. The number of ether oxygens (including phenoxy) is 3. The molecular formula is C20H21N5O4. The molecule has 0 unspecified atom stereocenters. The highest BCUT2D eigenvalue weighted by molar-refractivity contribution is 5.95. The number of anilines is 3. The monoisotopic (exact) mass is 395 g/mol. The van der Waals surface area contributed by atoms with Crippen molar-refractivity contribution in [3.8, 4) is 11.5 Å². The lowest BCUT2D eigenvalue weighted by Gasteiger charge is -2.12. The van der Waals surface area contributed by atoms with Crippen LogP contribution >= 0.6 is 0 Å². The first-order valence-electron chi connectivity index (χ1n) is 8.72. The quantitative estimate of drug-likeness (QED) is 0.581. The zero-order valence-electron chi connectivity index (χ0n) is 16.3. The minimum atomic E-state index is -0.633. The summed E-state index contributed by atoms with van der Waals surface area (Å²) in [5.41, 5.74) is 7.87. The smallest absolute Gasteiger partial charge is 0.346 e. The molecule has 9 heteroatoms. The predicted octanol–water partition coefficient (Wildman–Crippen LogP) is 2.88. The van der Waals surface area contributed by atoms with E-state index in [1.807, 2.05) is 31.2 Å². The molecule has 0 saturated heterocycles. The van der Waals surface area contributed by atoms with Crippen LogP contribution in [0.15, 0.2) is 42.5 Å². The summed E-state index contributed by atoms with van der Waals surface area (Å²) in [6.45, 7) is 1.79. The molecule has 150 valence electrons. The molecule has 0 bridgehead atoms. The van der Waals surface area contributed by atoms with Gasteiger partial charge in [0.05, 0.1) is 14.2 Å². The SMILES string of the molecule is COc1cccc(OC)c1C(=O)OCc1nc(N)nc(Nc2ccc(C)cc2)n1. The van der Waals surface area contributed by atoms with Gasteiger partial charge in [0.1, 0.15) is 17.1 Å². The summed E-state index contributed by atoms with van der Waals surface area (Å²) in [7, 11) is 2.92. The van der Waals surface area contributed by atoms with Crippen molar-refractivity contribution in [3.63, 3.8) is 0 Å². The molecule has 29 heavy (non-hydrogen) atoms. The van der Waals surface area contributed by atoms with Crippen LogP contribution in [0.5, 0.6) is 11.5 Å². The number of nitrogens with zero attached hydrogens (tertiary/aromatic N) is 3. The molecule has 0 saturated carbocycles. The van der Waals surface area contributed by atoms with Crippen LogP contribution in [-0.2, 0) is 11.3 Å². The fraction of sp³-hybridized carbons (Fsp3) is 0.200. The van der Waals surface area contributed by atoms with Crippen LogP contribution in [0.2, 0.25) is 0 Å². The maximum absolute atomic E-state index is 12.6. The van der Waals surface area contributed by atoms with Crippen LogP contribution < -0.4 is 20.5 Å². The number of carbonyl (C=O) groups is 1. The summed E-state index contributed by atoms with van der Waals surface area (Å²) in [6, 6.07) is 12.7. The molecule has 3 N–H and O–H groups in total. The fourth-order valence-electron chi connectivity index (χ4n) is 2.58. The molecule has 0 spiro atoms. The normalized spacial score (nSPS) is 10.3. The topological polar surface area (TPSA) is 121 Å². The third-order valence-corrected chi connectivity index (χ3v) is 3.97. The molecular weight excluding hydrogens is 374 g/mol. The maximum atomic E-state index is 12.6. The van der Waals surface area contributed by atoms with Crippen molar-refractivity contribution in [2.45, 2.75) is 13.5 Å². The Balaban J connectivity index is 1.75. The van der Waals surface area contributed by atoms with E-state index in [4.69, 9.17) is 19.9 Å². The second-order valence-electron chi connectivity index (χ2n) is 6.04. The molecule has 0 amide bonds. The summed E-state index contributed by atoms with van der Waals surface area (Å²) in [5.74, 6) is 0.510. The van der Waals surface area contributed by atoms with Crippen molar-refractivity contribution >= 4 is 23.6 Å². The Morgan fingerprint density at radius 2 is 1.66 bits per heavy atom. The molecule has 0 aliphatic rings. The number of nitrogens with two attached hydrogens (primary N) is 1. The van der Waals surface area contributed by atoms with Crippen LogP contribution in [0.3, 0.4) is 0 Å². The van der Waals surface area contributed by atoms with Gasteiger partial charge in [0.25, 0.3) is 0 Å². The summed E-state index contributed by atoms with van der Waals surface area (Å²) in [5, 5.41) is 3.05. The number of nitrogen functional groups attached to an aromatic ring is 1. The van der Waals surface area contributed by atoms with E-state index in [-0.39, 0.29) is 29.9 Å². The van der Waals surface area contributed by atoms with Crippen molar-refractivity contribution < 1.29 is 19.0 Å². The molecule has 3 rings (SSSR count). The van der Waals surface area contributed by atoms with E-state index in [9.17, 15) is 4.79 Å². The Morgan fingerprint density at radius 3 is 2.28 bits per heavy atom. The molecule has 1 aromatic heterocycles. The number of nitrogens with one attached hydrogen (secondary N) is 1. The molecule has 2 aromatic carbocycles. The zero-order valence-corrected chi connectivity index (χ0v) is 16.3. The van der Waals surface area contributed by atoms with E-state index < -0.39 is 5.97 Å². The van der Waals surface area contributed by atoms with E-state index >= 15 is 0 Å². The van der Waals surface area contributed by atoms with Crippen LogP contribution in [0.4, 0.5) is 17.6 Å². The Hall–Kier alpha value is -3.88. The van der Waals surface area contributed by atoms with Gasteiger partial charge < -0.3 is 25.3 Å². The Labute approximate surface area is 167 Å². The van der Waals surface area contributed by atoms with Gasteiger partial charge in [0, 0.05) is 5.69 Å². The number of benzene rings is 2. The lowest BCUT2D eigenvalue weighted by atomic mass is 10.2. The molecule has 9 nitrogen and oxygen atoms in total. The maximum Gasteiger partial charge on any atom is 0.346 e. The Kier molecular flexibility index (Phi) is 6.08. The lowest BCUT2D eigenvalue weighted by molar-refractivity contribution is 0.0454. The van der Waals surface area contributed by atoms with Gasteiger partial charge >= 0.3 is 5.97 Å². The highest BCUT2D eigenvalue weighted by Gasteiger charge is 2.20. The molecule has 0 radical (unpaired) electrons. The number of hydrogen-bond acceptors (Lipinski definition) is 9. The number of esters is 1. The molecule has 0 aliphatic carbocycles. The minimum Gasteiger partial charge on any atom is -0.496 e.